The fourth-order valence-electron chi connectivity index (χ4n) is 1.51. The third-order valence-electron chi connectivity index (χ3n) is 2.30. The van der Waals surface area contributed by atoms with Crippen molar-refractivity contribution in [3.8, 4) is 5.75 Å². The van der Waals surface area contributed by atoms with Crippen LogP contribution in [0.4, 0.5) is 13.2 Å². The molecule has 3 N–H and O–H groups in total. The Morgan fingerprint density at radius 2 is 1.88 bits per heavy atom. The van der Waals surface area contributed by atoms with E-state index < -0.39 is 11.7 Å². The predicted octanol–water partition coefficient (Wildman–Crippen LogP) is 2.69. The summed E-state index contributed by atoms with van der Waals surface area (Å²) < 4.78 is 37.8. The molecule has 0 radical (unpaired) electrons. The summed E-state index contributed by atoms with van der Waals surface area (Å²) >= 11 is 0. The Bertz CT molecular complexity index is 350. The van der Waals surface area contributed by atoms with Crippen LogP contribution in [0.5, 0.6) is 5.75 Å². The van der Waals surface area contributed by atoms with Crippen molar-refractivity contribution in [2.45, 2.75) is 25.4 Å². The first-order valence-corrected chi connectivity index (χ1v) is 5.04. The zero-order chi connectivity index (χ0) is 12.2. The van der Waals surface area contributed by atoms with Crippen molar-refractivity contribution in [3.05, 3.63) is 29.3 Å². The third-order valence-corrected chi connectivity index (χ3v) is 2.30. The molecular formula is C11H14F3NO. The lowest BCUT2D eigenvalue weighted by Gasteiger charge is -2.12. The topological polar surface area (TPSA) is 46.2 Å². The molecule has 0 aliphatic rings. The molecule has 1 rings (SSSR count). The van der Waals surface area contributed by atoms with E-state index in [2.05, 4.69) is 0 Å². The molecule has 0 amide bonds. The summed E-state index contributed by atoms with van der Waals surface area (Å²) in [5.41, 5.74) is 4.73. The highest BCUT2D eigenvalue weighted by Gasteiger charge is 2.33. The summed E-state index contributed by atoms with van der Waals surface area (Å²) in [5, 5.41) is 9.05. The predicted molar refractivity (Wildman–Crippen MR) is 55.1 cm³/mol. The Labute approximate surface area is 91.9 Å². The minimum absolute atomic E-state index is 0.207. The van der Waals surface area contributed by atoms with Gasteiger partial charge in [0.05, 0.1) is 5.56 Å². The number of benzene rings is 1. The first-order valence-electron chi connectivity index (χ1n) is 5.04. The maximum atomic E-state index is 12.6. The molecule has 0 saturated carbocycles. The molecule has 0 aliphatic heterocycles. The van der Waals surface area contributed by atoms with Gasteiger partial charge in [-0.05, 0) is 43.5 Å². The summed E-state index contributed by atoms with van der Waals surface area (Å²) in [6.45, 7) is 0.472. The van der Waals surface area contributed by atoms with E-state index >= 15 is 0 Å². The van der Waals surface area contributed by atoms with E-state index in [1.165, 1.54) is 12.1 Å². The van der Waals surface area contributed by atoms with Gasteiger partial charge in [0.25, 0.3) is 0 Å². The van der Waals surface area contributed by atoms with E-state index in [1.807, 2.05) is 0 Å². The van der Waals surface area contributed by atoms with Crippen LogP contribution in [-0.2, 0) is 12.6 Å². The smallest absolute Gasteiger partial charge is 0.416 e. The molecule has 5 heteroatoms. The highest BCUT2D eigenvalue weighted by molar-refractivity contribution is 5.36. The second kappa shape index (κ2) is 5.21. The lowest BCUT2D eigenvalue weighted by Crippen LogP contribution is -2.09. The van der Waals surface area contributed by atoms with Crippen LogP contribution < -0.4 is 5.73 Å². The van der Waals surface area contributed by atoms with Crippen LogP contribution in [0.15, 0.2) is 18.2 Å². The number of phenolic OH excluding ortho intramolecular Hbond substituents is 1. The fraction of sp³-hybridized carbons (Fsp3) is 0.455. The van der Waals surface area contributed by atoms with E-state index in [-0.39, 0.29) is 11.3 Å². The summed E-state index contributed by atoms with van der Waals surface area (Å²) in [5.74, 6) is -0.366. The molecule has 0 bridgehead atoms. The molecule has 0 spiro atoms. The quantitative estimate of drug-likeness (QED) is 0.785. The van der Waals surface area contributed by atoms with Crippen LogP contribution >= 0.6 is 0 Å². The zero-order valence-corrected chi connectivity index (χ0v) is 8.72. The number of aryl methyl sites for hydroxylation is 1. The first kappa shape index (κ1) is 12.8. The number of alkyl halides is 3. The third kappa shape index (κ3) is 3.41. The van der Waals surface area contributed by atoms with Crippen LogP contribution in [0.1, 0.15) is 24.0 Å². The maximum Gasteiger partial charge on any atom is 0.416 e. The van der Waals surface area contributed by atoms with Gasteiger partial charge in [0.15, 0.2) is 0 Å². The van der Waals surface area contributed by atoms with Crippen molar-refractivity contribution in [3.63, 3.8) is 0 Å². The van der Waals surface area contributed by atoms with Crippen LogP contribution in [0.2, 0.25) is 0 Å². The van der Waals surface area contributed by atoms with Gasteiger partial charge in [0.2, 0.25) is 0 Å². The molecule has 0 fully saturated rings. The molecule has 16 heavy (non-hydrogen) atoms. The van der Waals surface area contributed by atoms with Crippen molar-refractivity contribution in [2.24, 2.45) is 5.73 Å². The number of hydrogen-bond donors (Lipinski definition) is 2. The van der Waals surface area contributed by atoms with Crippen molar-refractivity contribution < 1.29 is 18.3 Å². The average Bonchev–Trinajstić information content (AvgIpc) is 2.19. The molecule has 1 aromatic rings. The van der Waals surface area contributed by atoms with Crippen molar-refractivity contribution in [1.29, 1.82) is 0 Å². The van der Waals surface area contributed by atoms with E-state index in [0.717, 1.165) is 6.07 Å². The van der Waals surface area contributed by atoms with Crippen molar-refractivity contribution in [2.75, 3.05) is 6.54 Å². The van der Waals surface area contributed by atoms with Crippen LogP contribution in [-0.4, -0.2) is 11.7 Å². The number of unbranched alkanes of at least 4 members (excludes halogenated alkanes) is 1. The molecule has 0 atom stereocenters. The minimum Gasteiger partial charge on any atom is -0.508 e. The van der Waals surface area contributed by atoms with Crippen LogP contribution in [0.25, 0.3) is 0 Å². The Morgan fingerprint density at radius 1 is 1.19 bits per heavy atom. The summed E-state index contributed by atoms with van der Waals surface area (Å²) in [6, 6.07) is 3.35. The molecule has 2 nitrogen and oxygen atoms in total. The number of aromatic hydroxyl groups is 1. The van der Waals surface area contributed by atoms with Gasteiger partial charge in [-0.25, -0.2) is 0 Å². The van der Waals surface area contributed by atoms with Gasteiger partial charge in [-0.2, -0.15) is 13.2 Å². The standard InChI is InChI=1S/C11H14F3NO/c12-11(13,14)10-7-9(16)5-4-8(10)3-1-2-6-15/h4-5,7,16H,1-3,6,15H2. The SMILES string of the molecule is NCCCCc1ccc(O)cc1C(F)(F)F. The lowest BCUT2D eigenvalue weighted by atomic mass is 10.0. The molecule has 1 aromatic carbocycles. The maximum absolute atomic E-state index is 12.6. The molecule has 90 valence electrons. The Kier molecular flexibility index (Phi) is 4.18. The first-order chi connectivity index (χ1) is 7.45. The van der Waals surface area contributed by atoms with E-state index in [9.17, 15) is 13.2 Å². The molecule has 0 aromatic heterocycles. The number of halogens is 3. The number of rotatable bonds is 4. The number of hydrogen-bond acceptors (Lipinski definition) is 2. The second-order valence-electron chi connectivity index (χ2n) is 3.58. The van der Waals surface area contributed by atoms with E-state index in [1.54, 1.807) is 0 Å². The second-order valence-corrected chi connectivity index (χ2v) is 3.58. The summed E-state index contributed by atoms with van der Waals surface area (Å²) in [4.78, 5) is 0. The zero-order valence-electron chi connectivity index (χ0n) is 8.72. The van der Waals surface area contributed by atoms with Gasteiger partial charge in [-0.1, -0.05) is 6.07 Å². The van der Waals surface area contributed by atoms with Gasteiger partial charge in [0, 0.05) is 0 Å². The van der Waals surface area contributed by atoms with E-state index in [4.69, 9.17) is 10.8 Å². The largest absolute Gasteiger partial charge is 0.508 e. The molecule has 0 unspecified atom stereocenters. The molecule has 0 aliphatic carbocycles. The van der Waals surface area contributed by atoms with Gasteiger partial charge < -0.3 is 10.8 Å². The molecular weight excluding hydrogens is 219 g/mol. The summed E-state index contributed by atoms with van der Waals surface area (Å²) in [6.07, 6.45) is -2.79. The minimum atomic E-state index is -4.42. The van der Waals surface area contributed by atoms with Gasteiger partial charge in [0.1, 0.15) is 5.75 Å². The normalized spacial score (nSPS) is 11.8. The summed E-state index contributed by atoms with van der Waals surface area (Å²) in [7, 11) is 0. The highest BCUT2D eigenvalue weighted by atomic mass is 19.4. The van der Waals surface area contributed by atoms with Crippen LogP contribution in [0, 0.1) is 0 Å². The Morgan fingerprint density at radius 3 is 2.44 bits per heavy atom. The monoisotopic (exact) mass is 233 g/mol. The van der Waals surface area contributed by atoms with Crippen LogP contribution in [0.3, 0.4) is 0 Å². The van der Waals surface area contributed by atoms with Gasteiger partial charge in [-0.15, -0.1) is 0 Å². The number of phenols is 1. The lowest BCUT2D eigenvalue weighted by molar-refractivity contribution is -0.138. The van der Waals surface area contributed by atoms with Crippen molar-refractivity contribution in [1.82, 2.24) is 0 Å². The van der Waals surface area contributed by atoms with Gasteiger partial charge >= 0.3 is 6.18 Å². The average molecular weight is 233 g/mol. The Balaban J connectivity index is 2.90. The van der Waals surface area contributed by atoms with E-state index in [0.29, 0.717) is 25.8 Å². The fourth-order valence-corrected chi connectivity index (χ4v) is 1.51. The van der Waals surface area contributed by atoms with Crippen molar-refractivity contribution >= 4 is 0 Å². The Hall–Kier alpha value is -1.23. The van der Waals surface area contributed by atoms with Gasteiger partial charge in [-0.3, -0.25) is 0 Å². The molecule has 0 heterocycles. The highest BCUT2D eigenvalue weighted by Crippen LogP contribution is 2.34. The number of nitrogens with two attached hydrogens (primary N) is 1. The molecule has 0 saturated heterocycles.